The molecule has 0 saturated carbocycles. The first-order valence-corrected chi connectivity index (χ1v) is 5.99. The van der Waals surface area contributed by atoms with Crippen LogP contribution < -0.4 is 5.32 Å². The topological polar surface area (TPSA) is 29.1 Å². The molecule has 0 unspecified atom stereocenters. The van der Waals surface area contributed by atoms with Gasteiger partial charge in [0.1, 0.15) is 5.82 Å². The lowest BCUT2D eigenvalue weighted by atomic mass is 10.1. The molecule has 0 spiro atoms. The highest BCUT2D eigenvalue weighted by atomic mass is 19.1. The third kappa shape index (κ3) is 3.28. The summed E-state index contributed by atoms with van der Waals surface area (Å²) in [6.07, 6.45) is 3.41. The molecule has 0 aliphatic carbocycles. The zero-order valence-electron chi connectivity index (χ0n) is 10.6. The van der Waals surface area contributed by atoms with Gasteiger partial charge in [-0.15, -0.1) is 0 Å². The van der Waals surface area contributed by atoms with E-state index in [4.69, 9.17) is 0 Å². The summed E-state index contributed by atoms with van der Waals surface area (Å²) in [6.45, 7) is 1.81. The van der Waals surface area contributed by atoms with Gasteiger partial charge in [0.05, 0.1) is 0 Å². The highest BCUT2D eigenvalue weighted by Gasteiger charge is 2.08. The standard InChI is InChI=1S/C16H14FNO/c1-2-6-12-9-10-13(11-15(12)17)16(19)18-14-7-4-3-5-8-14/h2-11H,1H3,(H,18,19). The molecule has 19 heavy (non-hydrogen) atoms. The summed E-state index contributed by atoms with van der Waals surface area (Å²) in [6, 6.07) is 13.5. The molecule has 2 nitrogen and oxygen atoms in total. The minimum atomic E-state index is -0.404. The van der Waals surface area contributed by atoms with Crippen molar-refractivity contribution < 1.29 is 9.18 Å². The summed E-state index contributed by atoms with van der Waals surface area (Å²) in [5.41, 5.74) is 1.46. The Balaban J connectivity index is 2.18. The van der Waals surface area contributed by atoms with Crippen LogP contribution in [0, 0.1) is 5.82 Å². The third-order valence-electron chi connectivity index (χ3n) is 2.64. The molecule has 0 aliphatic rings. The van der Waals surface area contributed by atoms with Crippen LogP contribution in [0.25, 0.3) is 6.08 Å². The first-order chi connectivity index (χ1) is 9.20. The van der Waals surface area contributed by atoms with Gasteiger partial charge in [-0.25, -0.2) is 4.39 Å². The fourth-order valence-electron chi connectivity index (χ4n) is 1.71. The first kappa shape index (κ1) is 13.0. The van der Waals surface area contributed by atoms with E-state index in [0.717, 1.165) is 0 Å². The number of nitrogens with one attached hydrogen (secondary N) is 1. The molecule has 0 aliphatic heterocycles. The summed E-state index contributed by atoms with van der Waals surface area (Å²) in [5, 5.41) is 2.71. The fraction of sp³-hybridized carbons (Fsp3) is 0.0625. The lowest BCUT2D eigenvalue weighted by Gasteiger charge is -2.06. The molecule has 0 atom stereocenters. The SMILES string of the molecule is CC=Cc1ccc(C(=O)Nc2ccccc2)cc1F. The van der Waals surface area contributed by atoms with E-state index in [1.807, 2.05) is 25.1 Å². The fourth-order valence-corrected chi connectivity index (χ4v) is 1.71. The molecule has 2 aromatic carbocycles. The minimum absolute atomic E-state index is 0.301. The number of hydrogen-bond acceptors (Lipinski definition) is 1. The lowest BCUT2D eigenvalue weighted by molar-refractivity contribution is 0.102. The van der Waals surface area contributed by atoms with Gasteiger partial charge in [0.15, 0.2) is 0 Å². The highest BCUT2D eigenvalue weighted by molar-refractivity contribution is 6.04. The summed E-state index contributed by atoms with van der Waals surface area (Å²) in [5.74, 6) is -0.726. The van der Waals surface area contributed by atoms with Gasteiger partial charge in [0.25, 0.3) is 5.91 Å². The van der Waals surface area contributed by atoms with Crippen LogP contribution in [0.5, 0.6) is 0 Å². The van der Waals surface area contributed by atoms with E-state index >= 15 is 0 Å². The van der Waals surface area contributed by atoms with Crippen molar-refractivity contribution in [2.24, 2.45) is 0 Å². The van der Waals surface area contributed by atoms with Gasteiger partial charge < -0.3 is 5.32 Å². The molecule has 0 aromatic heterocycles. The van der Waals surface area contributed by atoms with E-state index in [1.165, 1.54) is 6.07 Å². The maximum atomic E-state index is 13.7. The number of para-hydroxylation sites is 1. The molecular formula is C16H14FNO. The van der Waals surface area contributed by atoms with E-state index in [9.17, 15) is 9.18 Å². The van der Waals surface area contributed by atoms with E-state index in [1.54, 1.807) is 36.4 Å². The van der Waals surface area contributed by atoms with Crippen molar-refractivity contribution >= 4 is 17.7 Å². The Morgan fingerprint density at radius 3 is 2.53 bits per heavy atom. The highest BCUT2D eigenvalue weighted by Crippen LogP contribution is 2.14. The maximum absolute atomic E-state index is 13.7. The number of halogens is 1. The van der Waals surface area contributed by atoms with E-state index < -0.39 is 5.82 Å². The summed E-state index contributed by atoms with van der Waals surface area (Å²) >= 11 is 0. The number of rotatable bonds is 3. The molecule has 1 amide bonds. The quantitative estimate of drug-likeness (QED) is 0.878. The molecule has 1 N–H and O–H groups in total. The molecular weight excluding hydrogens is 241 g/mol. The Hall–Kier alpha value is -2.42. The number of carbonyl (C=O) groups excluding carboxylic acids is 1. The zero-order valence-corrected chi connectivity index (χ0v) is 10.6. The number of carbonyl (C=O) groups is 1. The van der Waals surface area contributed by atoms with Crippen LogP contribution in [-0.4, -0.2) is 5.91 Å². The van der Waals surface area contributed by atoms with Crippen LogP contribution in [0.3, 0.4) is 0 Å². The number of allylic oxidation sites excluding steroid dienone is 1. The molecule has 0 heterocycles. The predicted molar refractivity (Wildman–Crippen MR) is 75.5 cm³/mol. The van der Waals surface area contributed by atoms with Gasteiger partial charge in [-0.05, 0) is 31.2 Å². The molecule has 0 saturated heterocycles. The summed E-state index contributed by atoms with van der Waals surface area (Å²) in [4.78, 5) is 11.9. The van der Waals surface area contributed by atoms with Crippen molar-refractivity contribution in [3.63, 3.8) is 0 Å². The third-order valence-corrected chi connectivity index (χ3v) is 2.64. The zero-order chi connectivity index (χ0) is 13.7. The van der Waals surface area contributed by atoms with Crippen LogP contribution in [0.2, 0.25) is 0 Å². The van der Waals surface area contributed by atoms with Gasteiger partial charge in [-0.2, -0.15) is 0 Å². The van der Waals surface area contributed by atoms with E-state index in [0.29, 0.717) is 16.8 Å². The van der Waals surface area contributed by atoms with Gasteiger partial charge >= 0.3 is 0 Å². The van der Waals surface area contributed by atoms with E-state index in [2.05, 4.69) is 5.32 Å². The van der Waals surface area contributed by atoms with Gasteiger partial charge in [0, 0.05) is 16.8 Å². The second-order valence-corrected chi connectivity index (χ2v) is 4.06. The monoisotopic (exact) mass is 255 g/mol. The lowest BCUT2D eigenvalue weighted by Crippen LogP contribution is -2.12. The molecule has 3 heteroatoms. The molecule has 0 fully saturated rings. The van der Waals surface area contributed by atoms with Crippen LogP contribution >= 0.6 is 0 Å². The van der Waals surface area contributed by atoms with Crippen molar-refractivity contribution in [2.45, 2.75) is 6.92 Å². The molecule has 96 valence electrons. The van der Waals surface area contributed by atoms with Crippen molar-refractivity contribution in [1.29, 1.82) is 0 Å². The van der Waals surface area contributed by atoms with Crippen LogP contribution in [0.4, 0.5) is 10.1 Å². The largest absolute Gasteiger partial charge is 0.322 e. The molecule has 2 rings (SSSR count). The second kappa shape index (κ2) is 5.96. The average Bonchev–Trinajstić information content (AvgIpc) is 2.42. The van der Waals surface area contributed by atoms with Gasteiger partial charge in [-0.1, -0.05) is 36.4 Å². The predicted octanol–water partition coefficient (Wildman–Crippen LogP) is 4.11. The van der Waals surface area contributed by atoms with Crippen LogP contribution in [-0.2, 0) is 0 Å². The van der Waals surface area contributed by atoms with Gasteiger partial charge in [0.2, 0.25) is 0 Å². The summed E-state index contributed by atoms with van der Waals surface area (Å²) in [7, 11) is 0. The van der Waals surface area contributed by atoms with Gasteiger partial charge in [-0.3, -0.25) is 4.79 Å². The normalized spacial score (nSPS) is 10.6. The number of hydrogen-bond donors (Lipinski definition) is 1. The molecule has 0 bridgehead atoms. The number of benzene rings is 2. The molecule has 2 aromatic rings. The Bertz CT molecular complexity index is 605. The van der Waals surface area contributed by atoms with Crippen molar-refractivity contribution in [1.82, 2.24) is 0 Å². The van der Waals surface area contributed by atoms with Crippen molar-refractivity contribution in [3.05, 3.63) is 71.6 Å². The average molecular weight is 255 g/mol. The maximum Gasteiger partial charge on any atom is 0.255 e. The smallest absolute Gasteiger partial charge is 0.255 e. The van der Waals surface area contributed by atoms with Crippen LogP contribution in [0.15, 0.2) is 54.6 Å². The van der Waals surface area contributed by atoms with E-state index in [-0.39, 0.29) is 5.91 Å². The number of amides is 1. The second-order valence-electron chi connectivity index (χ2n) is 4.06. The van der Waals surface area contributed by atoms with Crippen LogP contribution in [0.1, 0.15) is 22.8 Å². The molecule has 0 radical (unpaired) electrons. The Morgan fingerprint density at radius 2 is 1.89 bits per heavy atom. The summed E-state index contributed by atoms with van der Waals surface area (Å²) < 4.78 is 13.7. The first-order valence-electron chi connectivity index (χ1n) is 5.99. The Morgan fingerprint density at radius 1 is 1.16 bits per heavy atom. The number of anilines is 1. The Kier molecular flexibility index (Phi) is 4.08. The Labute approximate surface area is 111 Å². The van der Waals surface area contributed by atoms with Crippen molar-refractivity contribution in [2.75, 3.05) is 5.32 Å². The minimum Gasteiger partial charge on any atom is -0.322 e. The van der Waals surface area contributed by atoms with Crippen molar-refractivity contribution in [3.8, 4) is 0 Å².